The fourth-order valence-corrected chi connectivity index (χ4v) is 1.05. The van der Waals surface area contributed by atoms with Crippen molar-refractivity contribution in [2.75, 3.05) is 7.11 Å². The first-order valence-corrected chi connectivity index (χ1v) is 3.24. The number of ether oxygens (including phenoxy) is 1. The summed E-state index contributed by atoms with van der Waals surface area (Å²) in [6.07, 6.45) is -0.0871. The van der Waals surface area contributed by atoms with Crippen molar-refractivity contribution in [1.82, 2.24) is 0 Å². The molecule has 0 N–H and O–H groups in total. The first-order chi connectivity index (χ1) is 4.96. The van der Waals surface area contributed by atoms with Gasteiger partial charge in [0.25, 0.3) is 0 Å². The van der Waals surface area contributed by atoms with Crippen LogP contribution in [0.4, 0.5) is 12.9 Å². The molecule has 0 aromatic rings. The maximum Gasteiger partial charge on any atom is 1.00 e. The van der Waals surface area contributed by atoms with Gasteiger partial charge in [-0.1, -0.05) is 12.2 Å². The quantitative estimate of drug-likeness (QED) is 0.402. The second-order valence-electron chi connectivity index (χ2n) is 2.65. The summed E-state index contributed by atoms with van der Waals surface area (Å²) >= 11 is 0. The zero-order chi connectivity index (χ0) is 8.65. The van der Waals surface area contributed by atoms with Gasteiger partial charge in [0.15, 0.2) is 0 Å². The van der Waals surface area contributed by atoms with E-state index in [2.05, 4.69) is 4.74 Å². The number of carbonyl (C=O) groups excluding carboxylic acids is 1. The van der Waals surface area contributed by atoms with Crippen molar-refractivity contribution in [2.24, 2.45) is 5.92 Å². The van der Waals surface area contributed by atoms with Gasteiger partial charge in [-0.25, -0.2) is 0 Å². The molecule has 0 heterocycles. The van der Waals surface area contributed by atoms with Gasteiger partial charge in [0.05, 0.1) is 7.11 Å². The summed E-state index contributed by atoms with van der Waals surface area (Å²) < 4.78 is 39.7. The van der Waals surface area contributed by atoms with Crippen LogP contribution in [0.2, 0.25) is 5.82 Å². The number of rotatable bonds is 2. The summed E-state index contributed by atoms with van der Waals surface area (Å²) in [6, 6.07) is 0. The van der Waals surface area contributed by atoms with E-state index in [1.807, 2.05) is 0 Å². The van der Waals surface area contributed by atoms with Crippen molar-refractivity contribution in [2.45, 2.75) is 12.2 Å². The van der Waals surface area contributed by atoms with Crippen LogP contribution in [-0.2, 0) is 9.53 Å². The van der Waals surface area contributed by atoms with Crippen LogP contribution in [0, 0.1) is 5.92 Å². The Morgan fingerprint density at radius 1 is 1.50 bits per heavy atom. The standard InChI is InChI=1S/C5H7BF3O2.K/c1-11-5(10)3-2-4(3)6(7,8)9;/h3-4H,2H2,1H3;/q-1;+1/t3-,4-;/m1./s1. The van der Waals surface area contributed by atoms with Crippen molar-refractivity contribution in [1.29, 1.82) is 0 Å². The Hall–Kier alpha value is 0.961. The van der Waals surface area contributed by atoms with Crippen molar-refractivity contribution in [3.63, 3.8) is 0 Å². The van der Waals surface area contributed by atoms with E-state index >= 15 is 0 Å². The molecule has 0 aliphatic heterocycles. The largest absolute Gasteiger partial charge is 1.00 e. The second kappa shape index (κ2) is 4.45. The van der Waals surface area contributed by atoms with E-state index < -0.39 is 24.7 Å². The zero-order valence-electron chi connectivity index (χ0n) is 6.89. The van der Waals surface area contributed by atoms with Crippen LogP contribution in [0.5, 0.6) is 0 Å². The number of carbonyl (C=O) groups is 1. The number of halogens is 3. The van der Waals surface area contributed by atoms with Crippen LogP contribution in [0.25, 0.3) is 0 Å². The summed E-state index contributed by atoms with van der Waals surface area (Å²) in [4.78, 5) is 10.5. The van der Waals surface area contributed by atoms with Gasteiger partial charge in [0.2, 0.25) is 0 Å². The Morgan fingerprint density at radius 2 is 2.00 bits per heavy atom. The molecule has 12 heavy (non-hydrogen) atoms. The maximum atomic E-state index is 11.8. The molecule has 1 saturated carbocycles. The minimum absolute atomic E-state index is 0. The summed E-state index contributed by atoms with van der Waals surface area (Å²) in [7, 11) is 1.10. The molecule has 0 aromatic heterocycles. The third kappa shape index (κ3) is 3.03. The molecule has 1 aliphatic carbocycles. The normalized spacial score (nSPS) is 27.3. The van der Waals surface area contributed by atoms with Crippen molar-refractivity contribution >= 4 is 12.9 Å². The van der Waals surface area contributed by atoms with E-state index in [0.29, 0.717) is 0 Å². The average Bonchev–Trinajstić information content (AvgIpc) is 2.62. The van der Waals surface area contributed by atoms with Crippen molar-refractivity contribution < 1.29 is 73.9 Å². The third-order valence-electron chi connectivity index (χ3n) is 1.83. The molecule has 0 amide bonds. The summed E-state index contributed by atoms with van der Waals surface area (Å²) in [5, 5.41) is 0. The van der Waals surface area contributed by atoms with Crippen LogP contribution < -0.4 is 51.4 Å². The first kappa shape index (κ1) is 13.0. The molecule has 2 nitrogen and oxygen atoms in total. The monoisotopic (exact) mass is 206 g/mol. The summed E-state index contributed by atoms with van der Waals surface area (Å²) in [6.45, 7) is -4.84. The molecule has 0 spiro atoms. The smallest absolute Gasteiger partial charge is 0.469 e. The van der Waals surface area contributed by atoms with Gasteiger partial charge in [0, 0.05) is 5.92 Å². The van der Waals surface area contributed by atoms with Crippen LogP contribution in [0.3, 0.4) is 0 Å². The van der Waals surface area contributed by atoms with Crippen LogP contribution in [0.1, 0.15) is 6.42 Å². The topological polar surface area (TPSA) is 26.3 Å². The predicted octanol–water partition coefficient (Wildman–Crippen LogP) is -1.60. The maximum absolute atomic E-state index is 11.8. The van der Waals surface area contributed by atoms with Gasteiger partial charge in [0.1, 0.15) is 0 Å². The SMILES string of the molecule is COC(=O)[C@@H]1C[C@H]1[B-](F)(F)F.[K+]. The van der Waals surface area contributed by atoms with Gasteiger partial charge in [-0.2, -0.15) is 0 Å². The molecule has 2 atom stereocenters. The number of esters is 1. The molecule has 0 radical (unpaired) electrons. The Kier molecular flexibility index (Phi) is 4.81. The predicted molar refractivity (Wildman–Crippen MR) is 33.0 cm³/mol. The molecule has 0 unspecified atom stereocenters. The Morgan fingerprint density at radius 3 is 2.25 bits per heavy atom. The van der Waals surface area contributed by atoms with Gasteiger partial charge in [-0.05, 0) is 0 Å². The van der Waals surface area contributed by atoms with E-state index in [1.165, 1.54) is 0 Å². The fraction of sp³-hybridized carbons (Fsp3) is 0.800. The average molecular weight is 206 g/mol. The molecular weight excluding hydrogens is 199 g/mol. The fourth-order valence-electron chi connectivity index (χ4n) is 1.05. The summed E-state index contributed by atoms with van der Waals surface area (Å²) in [5.41, 5.74) is 0. The van der Waals surface area contributed by atoms with E-state index in [0.717, 1.165) is 7.11 Å². The van der Waals surface area contributed by atoms with Gasteiger partial charge in [-0.15, -0.1) is 0 Å². The zero-order valence-corrected chi connectivity index (χ0v) is 10.0. The molecule has 1 rings (SSSR count). The third-order valence-corrected chi connectivity index (χ3v) is 1.83. The van der Waals surface area contributed by atoms with E-state index in [-0.39, 0.29) is 57.8 Å². The number of methoxy groups -OCH3 is 1. The van der Waals surface area contributed by atoms with E-state index in [4.69, 9.17) is 0 Å². The minimum Gasteiger partial charge on any atom is -0.469 e. The molecule has 1 fully saturated rings. The molecule has 64 valence electrons. The van der Waals surface area contributed by atoms with E-state index in [9.17, 15) is 17.7 Å². The Labute approximate surface area is 111 Å². The molecular formula is C5H7BF3KO2. The first-order valence-electron chi connectivity index (χ1n) is 3.24. The minimum atomic E-state index is -4.84. The van der Waals surface area contributed by atoms with Gasteiger partial charge >= 0.3 is 64.3 Å². The van der Waals surface area contributed by atoms with Gasteiger partial charge < -0.3 is 17.7 Å². The van der Waals surface area contributed by atoms with Gasteiger partial charge in [-0.3, -0.25) is 4.79 Å². The molecule has 0 aromatic carbocycles. The summed E-state index contributed by atoms with van der Waals surface area (Å²) in [5.74, 6) is -3.06. The Bertz CT molecular complexity index is 184. The van der Waals surface area contributed by atoms with Crippen LogP contribution in [0.15, 0.2) is 0 Å². The molecule has 1 aliphatic rings. The second-order valence-corrected chi connectivity index (χ2v) is 2.65. The van der Waals surface area contributed by atoms with E-state index in [1.54, 1.807) is 0 Å². The molecule has 0 bridgehead atoms. The van der Waals surface area contributed by atoms with Crippen LogP contribution >= 0.6 is 0 Å². The Balaban J connectivity index is 0.00000121. The molecule has 7 heteroatoms. The number of hydrogen-bond acceptors (Lipinski definition) is 2. The van der Waals surface area contributed by atoms with Crippen LogP contribution in [-0.4, -0.2) is 20.1 Å². The van der Waals surface area contributed by atoms with Crippen molar-refractivity contribution in [3.05, 3.63) is 0 Å². The molecule has 0 saturated heterocycles. The van der Waals surface area contributed by atoms with Crippen molar-refractivity contribution in [3.8, 4) is 0 Å². The number of hydrogen-bond donors (Lipinski definition) is 0.